The molecule has 0 fully saturated rings. The molecule has 0 aromatic carbocycles. The monoisotopic (exact) mass is 287 g/mol. The number of carbonyl (C=O) groups excluding carboxylic acids is 3. The molecule has 0 saturated carbocycles. The lowest BCUT2D eigenvalue weighted by Gasteiger charge is -2.22. The number of rotatable bonds is 7. The number of hydrogen-bond acceptors (Lipinski definition) is 5. The first-order chi connectivity index (χ1) is 9.31. The molecule has 0 bridgehead atoms. The van der Waals surface area contributed by atoms with Crippen molar-refractivity contribution >= 4 is 17.9 Å². The van der Waals surface area contributed by atoms with Crippen molar-refractivity contribution in [1.29, 1.82) is 0 Å². The molecule has 7 nitrogen and oxygen atoms in total. The Morgan fingerprint density at radius 3 is 2.20 bits per heavy atom. The van der Waals surface area contributed by atoms with Gasteiger partial charge in [-0.15, -0.1) is 0 Å². The summed E-state index contributed by atoms with van der Waals surface area (Å²) in [6.07, 6.45) is 0.547. The van der Waals surface area contributed by atoms with Gasteiger partial charge in [-0.1, -0.05) is 13.8 Å². The minimum Gasteiger partial charge on any atom is -0.468 e. The summed E-state index contributed by atoms with van der Waals surface area (Å²) in [6.45, 7) is 7.71. The van der Waals surface area contributed by atoms with Crippen molar-refractivity contribution in [2.45, 2.75) is 46.2 Å². The van der Waals surface area contributed by atoms with Gasteiger partial charge in [0.2, 0.25) is 5.91 Å². The van der Waals surface area contributed by atoms with Crippen LogP contribution in [-0.2, 0) is 14.3 Å². The summed E-state index contributed by atoms with van der Waals surface area (Å²) in [5, 5.41) is 7.53. The highest BCUT2D eigenvalue weighted by atomic mass is 16.5. The van der Waals surface area contributed by atoms with Gasteiger partial charge in [0.25, 0.3) is 0 Å². The summed E-state index contributed by atoms with van der Waals surface area (Å²) in [7, 11) is 1.30. The molecule has 0 radical (unpaired) electrons. The van der Waals surface area contributed by atoms with Crippen molar-refractivity contribution < 1.29 is 19.1 Å². The van der Waals surface area contributed by atoms with Crippen LogP contribution < -0.4 is 16.0 Å². The Morgan fingerprint density at radius 1 is 1.15 bits per heavy atom. The predicted octanol–water partition coefficient (Wildman–Crippen LogP) is 0.398. The standard InChI is InChI=1S/C13H25N3O4/c1-6-14-13(19)16-11(17)9(4)15-10(7-8(2)3)12(18)20-5/h8-10,15H,6-7H2,1-5H3,(H2,14,16,17,19). The van der Waals surface area contributed by atoms with E-state index >= 15 is 0 Å². The fraction of sp³-hybridized carbons (Fsp3) is 0.769. The Labute approximate surface area is 119 Å². The maximum Gasteiger partial charge on any atom is 0.322 e. The SMILES string of the molecule is CCNC(=O)NC(=O)C(C)NC(CC(C)C)C(=O)OC. The fourth-order valence-electron chi connectivity index (χ4n) is 1.65. The Morgan fingerprint density at radius 2 is 1.75 bits per heavy atom. The summed E-state index contributed by atoms with van der Waals surface area (Å²) >= 11 is 0. The van der Waals surface area contributed by atoms with Crippen molar-refractivity contribution in [2.75, 3.05) is 13.7 Å². The van der Waals surface area contributed by atoms with Crippen LogP contribution in [0.15, 0.2) is 0 Å². The van der Waals surface area contributed by atoms with Gasteiger partial charge in [-0.2, -0.15) is 0 Å². The highest BCUT2D eigenvalue weighted by molar-refractivity contribution is 5.97. The maximum atomic E-state index is 11.8. The lowest BCUT2D eigenvalue weighted by molar-refractivity contribution is -0.144. The Balaban J connectivity index is 4.50. The molecule has 116 valence electrons. The van der Waals surface area contributed by atoms with E-state index in [0.29, 0.717) is 13.0 Å². The molecule has 7 heteroatoms. The Kier molecular flexibility index (Phi) is 8.54. The van der Waals surface area contributed by atoms with E-state index < -0.39 is 30.0 Å². The number of nitrogens with one attached hydrogen (secondary N) is 3. The van der Waals surface area contributed by atoms with Crippen molar-refractivity contribution in [2.24, 2.45) is 5.92 Å². The van der Waals surface area contributed by atoms with Crippen LogP contribution in [0.4, 0.5) is 4.79 Å². The first-order valence-electron chi connectivity index (χ1n) is 6.74. The van der Waals surface area contributed by atoms with E-state index in [1.165, 1.54) is 7.11 Å². The number of methoxy groups -OCH3 is 1. The molecule has 2 atom stereocenters. The van der Waals surface area contributed by atoms with Gasteiger partial charge in [0.05, 0.1) is 13.2 Å². The lowest BCUT2D eigenvalue weighted by Crippen LogP contribution is -2.52. The second-order valence-corrected chi connectivity index (χ2v) is 4.94. The van der Waals surface area contributed by atoms with E-state index in [4.69, 9.17) is 4.74 Å². The van der Waals surface area contributed by atoms with E-state index in [2.05, 4.69) is 16.0 Å². The van der Waals surface area contributed by atoms with Gasteiger partial charge in [-0.25, -0.2) is 4.79 Å². The smallest absolute Gasteiger partial charge is 0.322 e. The zero-order valence-electron chi connectivity index (χ0n) is 12.8. The van der Waals surface area contributed by atoms with E-state index in [1.54, 1.807) is 13.8 Å². The summed E-state index contributed by atoms with van der Waals surface area (Å²) in [5.74, 6) is -0.643. The second-order valence-electron chi connectivity index (χ2n) is 4.94. The molecular formula is C13H25N3O4. The molecule has 0 saturated heterocycles. The van der Waals surface area contributed by atoms with Crippen molar-refractivity contribution in [3.05, 3.63) is 0 Å². The van der Waals surface area contributed by atoms with Crippen LogP contribution in [0.5, 0.6) is 0 Å². The third-order valence-electron chi connectivity index (χ3n) is 2.61. The van der Waals surface area contributed by atoms with E-state index in [1.807, 2.05) is 13.8 Å². The van der Waals surface area contributed by atoms with Crippen molar-refractivity contribution in [3.63, 3.8) is 0 Å². The minimum atomic E-state index is -0.680. The maximum absolute atomic E-state index is 11.8. The molecule has 0 spiro atoms. The Hall–Kier alpha value is -1.63. The third kappa shape index (κ3) is 7.08. The molecule has 0 aliphatic heterocycles. The quantitative estimate of drug-likeness (QED) is 0.589. The predicted molar refractivity (Wildman–Crippen MR) is 75.1 cm³/mol. The normalized spacial score (nSPS) is 13.5. The largest absolute Gasteiger partial charge is 0.468 e. The zero-order valence-corrected chi connectivity index (χ0v) is 12.8. The molecule has 2 unspecified atom stereocenters. The number of ether oxygens (including phenoxy) is 1. The first-order valence-corrected chi connectivity index (χ1v) is 6.74. The van der Waals surface area contributed by atoms with Crippen molar-refractivity contribution in [1.82, 2.24) is 16.0 Å². The number of carbonyl (C=O) groups is 3. The van der Waals surface area contributed by atoms with Crippen LogP contribution in [0.1, 0.15) is 34.1 Å². The van der Waals surface area contributed by atoms with Crippen LogP contribution in [0.25, 0.3) is 0 Å². The van der Waals surface area contributed by atoms with Gasteiger partial charge in [0.1, 0.15) is 6.04 Å². The number of urea groups is 1. The van der Waals surface area contributed by atoms with E-state index in [0.717, 1.165) is 0 Å². The topological polar surface area (TPSA) is 96.5 Å². The number of imide groups is 1. The molecular weight excluding hydrogens is 262 g/mol. The van der Waals surface area contributed by atoms with Gasteiger partial charge in [-0.05, 0) is 26.2 Å². The molecule has 0 heterocycles. The summed E-state index contributed by atoms with van der Waals surface area (Å²) in [5.41, 5.74) is 0. The molecule has 20 heavy (non-hydrogen) atoms. The van der Waals surface area contributed by atoms with Gasteiger partial charge in [0, 0.05) is 6.54 Å². The molecule has 3 N–H and O–H groups in total. The molecule has 3 amide bonds. The van der Waals surface area contributed by atoms with Gasteiger partial charge in [0.15, 0.2) is 0 Å². The number of amides is 3. The molecule has 0 aliphatic rings. The van der Waals surface area contributed by atoms with Crippen LogP contribution >= 0.6 is 0 Å². The number of hydrogen-bond donors (Lipinski definition) is 3. The zero-order chi connectivity index (χ0) is 15.7. The summed E-state index contributed by atoms with van der Waals surface area (Å²) < 4.78 is 4.70. The van der Waals surface area contributed by atoms with Gasteiger partial charge < -0.3 is 10.1 Å². The second kappa shape index (κ2) is 9.30. The molecule has 0 rings (SSSR count). The third-order valence-corrected chi connectivity index (χ3v) is 2.61. The minimum absolute atomic E-state index is 0.269. The highest BCUT2D eigenvalue weighted by Gasteiger charge is 2.25. The number of esters is 1. The van der Waals surface area contributed by atoms with Crippen LogP contribution in [0, 0.1) is 5.92 Å². The van der Waals surface area contributed by atoms with E-state index in [-0.39, 0.29) is 5.92 Å². The van der Waals surface area contributed by atoms with E-state index in [9.17, 15) is 14.4 Å². The molecule has 0 aliphatic carbocycles. The highest BCUT2D eigenvalue weighted by Crippen LogP contribution is 2.07. The first kappa shape index (κ1) is 18.4. The van der Waals surface area contributed by atoms with Crippen LogP contribution in [0.2, 0.25) is 0 Å². The summed E-state index contributed by atoms with van der Waals surface area (Å²) in [6, 6.07) is -1.81. The summed E-state index contributed by atoms with van der Waals surface area (Å²) in [4.78, 5) is 34.7. The lowest BCUT2D eigenvalue weighted by atomic mass is 10.0. The van der Waals surface area contributed by atoms with Crippen LogP contribution in [-0.4, -0.2) is 43.6 Å². The average Bonchev–Trinajstić information content (AvgIpc) is 2.36. The van der Waals surface area contributed by atoms with Crippen molar-refractivity contribution in [3.8, 4) is 0 Å². The van der Waals surface area contributed by atoms with Crippen LogP contribution in [0.3, 0.4) is 0 Å². The van der Waals surface area contributed by atoms with Gasteiger partial charge in [-0.3, -0.25) is 20.2 Å². The van der Waals surface area contributed by atoms with Gasteiger partial charge >= 0.3 is 12.0 Å². The molecule has 0 aromatic heterocycles. The molecule has 0 aromatic rings. The average molecular weight is 287 g/mol. The fourth-order valence-corrected chi connectivity index (χ4v) is 1.65. The Bertz CT molecular complexity index is 345.